The van der Waals surface area contributed by atoms with Gasteiger partial charge in [0.05, 0.1) is 0 Å². The fraction of sp³-hybridized carbons (Fsp3) is 0.600. The SMILES string of the molecule is CC(C)(C)C1(C)c2ccccc2[Se]C1(C)C. The number of rotatable bonds is 0. The van der Waals surface area contributed by atoms with Gasteiger partial charge in [0.1, 0.15) is 0 Å². The van der Waals surface area contributed by atoms with E-state index in [0.29, 0.717) is 24.7 Å². The molecule has 1 heteroatoms. The van der Waals surface area contributed by atoms with Crippen molar-refractivity contribution in [1.29, 1.82) is 0 Å². The van der Waals surface area contributed by atoms with Crippen molar-refractivity contribution >= 4 is 19.4 Å². The van der Waals surface area contributed by atoms with Crippen LogP contribution in [0.25, 0.3) is 0 Å². The van der Waals surface area contributed by atoms with E-state index in [2.05, 4.69) is 65.8 Å². The van der Waals surface area contributed by atoms with Crippen LogP contribution in [0.5, 0.6) is 0 Å². The molecule has 0 nitrogen and oxygen atoms in total. The van der Waals surface area contributed by atoms with Crippen LogP contribution in [0.2, 0.25) is 4.31 Å². The summed E-state index contributed by atoms with van der Waals surface area (Å²) in [7, 11) is 0. The first-order valence-electron chi connectivity index (χ1n) is 5.99. The third-order valence-corrected chi connectivity index (χ3v) is 7.63. The molecule has 1 atom stereocenters. The molecule has 0 radical (unpaired) electrons. The molecule has 1 aromatic carbocycles. The molecule has 0 spiro atoms. The summed E-state index contributed by atoms with van der Waals surface area (Å²) in [4.78, 5) is 0. The Hall–Kier alpha value is -0.261. The van der Waals surface area contributed by atoms with Crippen LogP contribution in [-0.4, -0.2) is 15.0 Å². The Morgan fingerprint density at radius 1 is 1.00 bits per heavy atom. The summed E-state index contributed by atoms with van der Waals surface area (Å²) in [6.07, 6.45) is 0. The maximum atomic E-state index is 2.46. The Morgan fingerprint density at radius 2 is 1.56 bits per heavy atom. The van der Waals surface area contributed by atoms with Gasteiger partial charge in [-0.05, 0) is 0 Å². The second-order valence-corrected chi connectivity index (χ2v) is 9.98. The van der Waals surface area contributed by atoms with Crippen LogP contribution in [0.1, 0.15) is 47.1 Å². The number of benzene rings is 1. The zero-order chi connectivity index (χ0) is 12.2. The van der Waals surface area contributed by atoms with Crippen LogP contribution in [0, 0.1) is 5.41 Å². The molecule has 1 aliphatic rings. The molecule has 0 saturated heterocycles. The third kappa shape index (κ3) is 1.41. The van der Waals surface area contributed by atoms with Crippen molar-refractivity contribution in [2.24, 2.45) is 5.41 Å². The van der Waals surface area contributed by atoms with E-state index in [9.17, 15) is 0 Å². The van der Waals surface area contributed by atoms with Gasteiger partial charge >= 0.3 is 106 Å². The van der Waals surface area contributed by atoms with Gasteiger partial charge in [0.15, 0.2) is 0 Å². The van der Waals surface area contributed by atoms with E-state index in [0.717, 1.165) is 0 Å². The Morgan fingerprint density at radius 3 is 2.12 bits per heavy atom. The molecular formula is C15H22Se. The van der Waals surface area contributed by atoms with Crippen molar-refractivity contribution in [1.82, 2.24) is 0 Å². The molecule has 1 unspecified atom stereocenters. The second kappa shape index (κ2) is 3.37. The Labute approximate surface area is 106 Å². The van der Waals surface area contributed by atoms with Crippen LogP contribution in [-0.2, 0) is 5.41 Å². The van der Waals surface area contributed by atoms with Crippen LogP contribution in [0.4, 0.5) is 0 Å². The molecule has 1 heterocycles. The molecule has 16 heavy (non-hydrogen) atoms. The van der Waals surface area contributed by atoms with E-state index in [1.54, 1.807) is 10.0 Å². The maximum absolute atomic E-state index is 2.46. The first kappa shape index (κ1) is 12.2. The van der Waals surface area contributed by atoms with Gasteiger partial charge in [-0.15, -0.1) is 0 Å². The van der Waals surface area contributed by atoms with Crippen LogP contribution < -0.4 is 4.46 Å². The van der Waals surface area contributed by atoms with Crippen LogP contribution >= 0.6 is 0 Å². The summed E-state index contributed by atoms with van der Waals surface area (Å²) >= 11 is 0.589. The quantitative estimate of drug-likeness (QED) is 0.638. The van der Waals surface area contributed by atoms with E-state index < -0.39 is 0 Å². The van der Waals surface area contributed by atoms with E-state index in [-0.39, 0.29) is 5.41 Å². The van der Waals surface area contributed by atoms with Crippen molar-refractivity contribution in [3.05, 3.63) is 29.8 Å². The third-order valence-electron chi connectivity index (χ3n) is 4.49. The minimum absolute atomic E-state index is 0.288. The predicted octanol–water partition coefficient (Wildman–Crippen LogP) is 3.53. The Kier molecular flexibility index (Phi) is 2.57. The zero-order valence-corrected chi connectivity index (χ0v) is 12.9. The molecule has 0 aliphatic carbocycles. The number of hydrogen-bond donors (Lipinski definition) is 0. The minimum atomic E-state index is 0.288. The summed E-state index contributed by atoms with van der Waals surface area (Å²) < 4.78 is 2.01. The Bertz CT molecular complexity index is 412. The molecule has 0 aromatic heterocycles. The van der Waals surface area contributed by atoms with Crippen LogP contribution in [0.15, 0.2) is 24.3 Å². The van der Waals surface area contributed by atoms with E-state index in [1.165, 1.54) is 0 Å². The summed E-state index contributed by atoms with van der Waals surface area (Å²) in [6, 6.07) is 9.05. The molecule has 0 bridgehead atoms. The fourth-order valence-electron chi connectivity index (χ4n) is 2.98. The van der Waals surface area contributed by atoms with Crippen molar-refractivity contribution in [2.45, 2.75) is 51.3 Å². The number of hydrogen-bond acceptors (Lipinski definition) is 0. The molecule has 2 rings (SSSR count). The zero-order valence-electron chi connectivity index (χ0n) is 11.2. The monoisotopic (exact) mass is 282 g/mol. The first-order valence-corrected chi connectivity index (χ1v) is 7.70. The fourth-order valence-corrected chi connectivity index (χ4v) is 6.54. The topological polar surface area (TPSA) is 0 Å². The van der Waals surface area contributed by atoms with Gasteiger partial charge < -0.3 is 0 Å². The average Bonchev–Trinajstić information content (AvgIpc) is 2.35. The van der Waals surface area contributed by atoms with Gasteiger partial charge in [-0.25, -0.2) is 0 Å². The van der Waals surface area contributed by atoms with Crippen molar-refractivity contribution in [3.8, 4) is 0 Å². The van der Waals surface area contributed by atoms with Gasteiger partial charge in [-0.1, -0.05) is 0 Å². The van der Waals surface area contributed by atoms with E-state index >= 15 is 0 Å². The summed E-state index contributed by atoms with van der Waals surface area (Å²) in [6.45, 7) is 14.5. The summed E-state index contributed by atoms with van der Waals surface area (Å²) in [5.74, 6) is 0. The predicted molar refractivity (Wildman–Crippen MR) is 72.7 cm³/mol. The van der Waals surface area contributed by atoms with Crippen LogP contribution in [0.3, 0.4) is 0 Å². The van der Waals surface area contributed by atoms with Gasteiger partial charge in [-0.2, -0.15) is 0 Å². The molecule has 88 valence electrons. The van der Waals surface area contributed by atoms with E-state index in [1.807, 2.05) is 0 Å². The average molecular weight is 281 g/mol. The Balaban J connectivity index is 2.68. The summed E-state index contributed by atoms with van der Waals surface area (Å²) in [5, 5.41) is 0. The van der Waals surface area contributed by atoms with Gasteiger partial charge in [0.25, 0.3) is 0 Å². The summed E-state index contributed by atoms with van der Waals surface area (Å²) in [5.41, 5.74) is 2.19. The number of fused-ring (bicyclic) bond motifs is 1. The molecule has 0 fully saturated rings. The van der Waals surface area contributed by atoms with Gasteiger partial charge in [-0.3, -0.25) is 0 Å². The molecule has 1 aliphatic heterocycles. The molecule has 0 N–H and O–H groups in total. The second-order valence-electron chi connectivity index (χ2n) is 6.48. The first-order chi connectivity index (χ1) is 7.20. The molecule has 0 saturated carbocycles. The molecular weight excluding hydrogens is 259 g/mol. The van der Waals surface area contributed by atoms with Gasteiger partial charge in [0, 0.05) is 0 Å². The molecule has 0 amide bonds. The van der Waals surface area contributed by atoms with Crippen molar-refractivity contribution in [3.63, 3.8) is 0 Å². The van der Waals surface area contributed by atoms with E-state index in [4.69, 9.17) is 0 Å². The van der Waals surface area contributed by atoms with Crippen molar-refractivity contribution in [2.75, 3.05) is 0 Å². The van der Waals surface area contributed by atoms with Crippen molar-refractivity contribution < 1.29 is 0 Å². The standard InChI is InChI=1S/C15H22Se/c1-13(2,3)15(6)11-9-7-8-10-12(11)16-14(15,4)5/h7-10H,1-6H3. The van der Waals surface area contributed by atoms with Gasteiger partial charge in [0.2, 0.25) is 0 Å². The normalized spacial score (nSPS) is 27.9. The molecule has 1 aromatic rings.